The highest BCUT2D eigenvalue weighted by Gasteiger charge is 2.39. The molecule has 1 saturated carbocycles. The molecule has 2 unspecified atom stereocenters. The van der Waals surface area contributed by atoms with E-state index in [2.05, 4.69) is 45.8 Å². The van der Waals surface area contributed by atoms with Crippen molar-refractivity contribution in [3.05, 3.63) is 77.6 Å². The van der Waals surface area contributed by atoms with Gasteiger partial charge in [0.2, 0.25) is 0 Å². The molecule has 3 aromatic rings. The van der Waals surface area contributed by atoms with Crippen LogP contribution in [0, 0.1) is 5.92 Å². The fraction of sp³-hybridized carbons (Fsp3) is 0.407. The van der Waals surface area contributed by atoms with Crippen LogP contribution >= 0.6 is 0 Å². The van der Waals surface area contributed by atoms with Crippen LogP contribution in [0.4, 0.5) is 0 Å². The van der Waals surface area contributed by atoms with Crippen LogP contribution in [0.1, 0.15) is 40.2 Å². The summed E-state index contributed by atoms with van der Waals surface area (Å²) in [7, 11) is 1.95. The van der Waals surface area contributed by atoms with E-state index >= 15 is 0 Å². The van der Waals surface area contributed by atoms with Crippen LogP contribution in [0.25, 0.3) is 11.1 Å². The van der Waals surface area contributed by atoms with Gasteiger partial charge in [0.1, 0.15) is 0 Å². The predicted molar refractivity (Wildman–Crippen MR) is 132 cm³/mol. The first-order valence-corrected chi connectivity index (χ1v) is 12.2. The van der Waals surface area contributed by atoms with E-state index in [1.54, 1.807) is 17.6 Å². The Morgan fingerprint density at radius 2 is 1.85 bits per heavy atom. The van der Waals surface area contributed by atoms with Gasteiger partial charge in [-0.15, -0.1) is 0 Å². The average Bonchev–Trinajstić information content (AvgIpc) is 3.49. The summed E-state index contributed by atoms with van der Waals surface area (Å²) in [4.78, 5) is 13.9. The van der Waals surface area contributed by atoms with Gasteiger partial charge in [-0.25, -0.2) is 5.48 Å². The van der Waals surface area contributed by atoms with Gasteiger partial charge >= 0.3 is 0 Å². The first-order valence-electron chi connectivity index (χ1n) is 12.2. The van der Waals surface area contributed by atoms with Gasteiger partial charge in [-0.1, -0.05) is 36.4 Å². The molecule has 1 aliphatic heterocycles. The summed E-state index contributed by atoms with van der Waals surface area (Å²) in [6.07, 6.45) is 7.32. The Hall–Kier alpha value is -3.00. The predicted octanol–water partition coefficient (Wildman–Crippen LogP) is 3.22. The number of hydroxylamine groups is 1. The first-order chi connectivity index (χ1) is 16.6. The molecule has 7 heteroatoms. The third-order valence-corrected chi connectivity index (χ3v) is 7.13. The van der Waals surface area contributed by atoms with Crippen molar-refractivity contribution in [1.82, 2.24) is 25.5 Å². The molecule has 0 radical (unpaired) electrons. The monoisotopic (exact) mass is 459 g/mol. The third-order valence-electron chi connectivity index (χ3n) is 7.13. The number of likely N-dealkylation sites (tertiary alicyclic amines) is 1. The molecule has 2 heterocycles. The zero-order chi connectivity index (χ0) is 23.5. The van der Waals surface area contributed by atoms with Gasteiger partial charge in [0, 0.05) is 56.0 Å². The highest BCUT2D eigenvalue weighted by molar-refractivity contribution is 5.93. The summed E-state index contributed by atoms with van der Waals surface area (Å²) in [5.74, 6) is 0.933. The first kappa shape index (κ1) is 22.8. The molecular weight excluding hydrogens is 426 g/mol. The van der Waals surface area contributed by atoms with Gasteiger partial charge < -0.3 is 10.2 Å². The summed E-state index contributed by atoms with van der Waals surface area (Å²) >= 11 is 0. The summed E-state index contributed by atoms with van der Waals surface area (Å²) in [5.41, 5.74) is 7.19. The smallest absolute Gasteiger partial charge is 0.274 e. The Balaban J connectivity index is 0.966. The van der Waals surface area contributed by atoms with Gasteiger partial charge in [0.25, 0.3) is 5.91 Å². The molecular formula is C27H33N5O2. The molecule has 1 amide bonds. The molecule has 7 nitrogen and oxygen atoms in total. The van der Waals surface area contributed by atoms with Crippen molar-refractivity contribution in [2.24, 2.45) is 13.0 Å². The molecule has 2 fully saturated rings. The maximum Gasteiger partial charge on any atom is 0.274 e. The van der Waals surface area contributed by atoms with Crippen molar-refractivity contribution in [2.75, 3.05) is 26.2 Å². The van der Waals surface area contributed by atoms with Crippen LogP contribution in [-0.2, 0) is 13.5 Å². The normalized spacial score (nSPS) is 20.2. The number of benzene rings is 2. The van der Waals surface area contributed by atoms with Crippen LogP contribution in [0.15, 0.2) is 60.9 Å². The number of nitrogens with zero attached hydrogens (tertiary/aromatic N) is 3. The van der Waals surface area contributed by atoms with Crippen LogP contribution in [0.2, 0.25) is 0 Å². The van der Waals surface area contributed by atoms with E-state index in [1.165, 1.54) is 41.8 Å². The van der Waals surface area contributed by atoms with Crippen molar-refractivity contribution >= 4 is 5.91 Å². The van der Waals surface area contributed by atoms with Gasteiger partial charge in [-0.2, -0.15) is 5.10 Å². The van der Waals surface area contributed by atoms with Crippen LogP contribution < -0.4 is 10.8 Å². The Morgan fingerprint density at radius 3 is 2.53 bits per heavy atom. The summed E-state index contributed by atoms with van der Waals surface area (Å²) in [6, 6.07) is 17.0. The third kappa shape index (κ3) is 5.38. The van der Waals surface area contributed by atoms with E-state index in [1.807, 2.05) is 30.1 Å². The van der Waals surface area contributed by atoms with Gasteiger partial charge in [-0.05, 0) is 60.5 Å². The molecule has 3 N–H and O–H groups in total. The lowest BCUT2D eigenvalue weighted by molar-refractivity contribution is 0.0706. The lowest BCUT2D eigenvalue weighted by atomic mass is 9.99. The number of carbonyl (C=O) groups is 1. The summed E-state index contributed by atoms with van der Waals surface area (Å²) in [5, 5.41) is 16.7. The molecule has 34 heavy (non-hydrogen) atoms. The average molecular weight is 460 g/mol. The zero-order valence-electron chi connectivity index (χ0n) is 19.7. The lowest BCUT2D eigenvalue weighted by Crippen LogP contribution is -2.51. The second-order valence-corrected chi connectivity index (χ2v) is 9.75. The van der Waals surface area contributed by atoms with E-state index < -0.39 is 5.91 Å². The Labute approximate surface area is 200 Å². The standard InChI is InChI=1S/C27H33N5O2/c1-31-18-24(15-29-31)21-8-10-22(11-9-21)25-13-26(25)28-14-20-16-32(17-20)12-2-3-19-4-6-23(7-5-19)27(33)30-34/h4-11,15,18,20,25-26,28,34H,2-3,12-14,16-17H2,1H3,(H,30,33). The molecule has 0 bridgehead atoms. The minimum absolute atomic E-state index is 0.469. The lowest BCUT2D eigenvalue weighted by Gasteiger charge is -2.39. The van der Waals surface area contributed by atoms with Gasteiger partial charge in [-0.3, -0.25) is 14.7 Å². The van der Waals surface area contributed by atoms with Crippen molar-refractivity contribution in [3.8, 4) is 11.1 Å². The Morgan fingerprint density at radius 1 is 1.09 bits per heavy atom. The SMILES string of the molecule is Cn1cc(-c2ccc(C3CC3NCC3CN(CCCc4ccc(C(=O)NO)cc4)C3)cc2)cn1. The van der Waals surface area contributed by atoms with Crippen LogP contribution in [-0.4, -0.2) is 58.0 Å². The van der Waals surface area contributed by atoms with Crippen molar-refractivity contribution < 1.29 is 10.0 Å². The summed E-state index contributed by atoms with van der Waals surface area (Å²) in [6.45, 7) is 4.59. The van der Waals surface area contributed by atoms with E-state index in [0.717, 1.165) is 31.8 Å². The number of carbonyl (C=O) groups excluding carboxylic acids is 1. The zero-order valence-corrected chi connectivity index (χ0v) is 19.7. The molecule has 1 aliphatic carbocycles. The molecule has 0 spiro atoms. The van der Waals surface area contributed by atoms with Crippen LogP contribution in [0.3, 0.4) is 0 Å². The fourth-order valence-corrected chi connectivity index (χ4v) is 4.98. The number of aromatic nitrogens is 2. The fourth-order valence-electron chi connectivity index (χ4n) is 4.98. The highest BCUT2D eigenvalue weighted by atomic mass is 16.5. The number of nitrogens with one attached hydrogen (secondary N) is 2. The van der Waals surface area contributed by atoms with Gasteiger partial charge in [0.05, 0.1) is 6.20 Å². The van der Waals surface area contributed by atoms with E-state index in [4.69, 9.17) is 5.21 Å². The second-order valence-electron chi connectivity index (χ2n) is 9.75. The molecule has 178 valence electrons. The largest absolute Gasteiger partial charge is 0.313 e. The van der Waals surface area contributed by atoms with Crippen molar-refractivity contribution in [1.29, 1.82) is 0 Å². The number of hydrogen-bond donors (Lipinski definition) is 3. The maximum absolute atomic E-state index is 11.4. The number of hydrogen-bond acceptors (Lipinski definition) is 5. The number of aryl methyl sites for hydroxylation is 2. The Kier molecular flexibility index (Phi) is 6.76. The van der Waals surface area contributed by atoms with Gasteiger partial charge in [0.15, 0.2) is 0 Å². The molecule has 2 aromatic carbocycles. The maximum atomic E-state index is 11.4. The number of amides is 1. The summed E-state index contributed by atoms with van der Waals surface area (Å²) < 4.78 is 1.84. The Bertz CT molecular complexity index is 1100. The topological polar surface area (TPSA) is 82.4 Å². The van der Waals surface area contributed by atoms with E-state index in [9.17, 15) is 4.79 Å². The van der Waals surface area contributed by atoms with E-state index in [0.29, 0.717) is 17.5 Å². The molecule has 5 rings (SSSR count). The highest BCUT2D eigenvalue weighted by Crippen LogP contribution is 2.41. The molecule has 1 aromatic heterocycles. The number of rotatable bonds is 10. The minimum atomic E-state index is -0.469. The van der Waals surface area contributed by atoms with Crippen LogP contribution in [0.5, 0.6) is 0 Å². The minimum Gasteiger partial charge on any atom is -0.313 e. The molecule has 1 saturated heterocycles. The molecule has 2 aliphatic rings. The van der Waals surface area contributed by atoms with Crippen molar-refractivity contribution in [2.45, 2.75) is 31.2 Å². The van der Waals surface area contributed by atoms with E-state index in [-0.39, 0.29) is 0 Å². The quantitative estimate of drug-likeness (QED) is 0.320. The second kappa shape index (κ2) is 10.1. The molecule has 2 atom stereocenters. The van der Waals surface area contributed by atoms with Crippen molar-refractivity contribution in [3.63, 3.8) is 0 Å².